The van der Waals surface area contributed by atoms with E-state index in [2.05, 4.69) is 9.97 Å². The number of H-pyrrole nitrogens is 1. The minimum atomic E-state index is -1.16. The summed E-state index contributed by atoms with van der Waals surface area (Å²) in [5.74, 6) is -3.08. The zero-order valence-corrected chi connectivity index (χ0v) is 14.5. The van der Waals surface area contributed by atoms with Crippen molar-refractivity contribution in [3.63, 3.8) is 0 Å². The topological polar surface area (TPSA) is 72.0 Å². The zero-order chi connectivity index (χ0) is 18.3. The molecule has 0 aliphatic carbocycles. The molecule has 5 nitrogen and oxygen atoms in total. The minimum absolute atomic E-state index is 0.115. The summed E-state index contributed by atoms with van der Waals surface area (Å²) in [6.45, 7) is 5.18. The Hall–Kier alpha value is -2.61. The van der Waals surface area contributed by atoms with Crippen molar-refractivity contribution < 1.29 is 18.3 Å². The molecule has 0 spiro atoms. The van der Waals surface area contributed by atoms with Crippen LogP contribution in [0, 0.1) is 25.5 Å². The molecule has 0 bridgehead atoms. The molecule has 2 heterocycles. The van der Waals surface area contributed by atoms with Crippen molar-refractivity contribution in [1.82, 2.24) is 9.97 Å². The number of carbonyl (C=O) groups excluding carboxylic acids is 1. The molecule has 8 heteroatoms. The number of rotatable bonds is 3. The molecule has 0 aliphatic rings. The number of esters is 1. The van der Waals surface area contributed by atoms with E-state index in [1.54, 1.807) is 0 Å². The molecule has 0 radical (unpaired) electrons. The Kier molecular flexibility index (Phi) is 4.38. The summed E-state index contributed by atoms with van der Waals surface area (Å²) < 4.78 is 32.4. The number of hydrogen-bond acceptors (Lipinski definition) is 5. The highest BCUT2D eigenvalue weighted by Gasteiger charge is 2.23. The number of thiophene rings is 1. The normalized spacial score (nSPS) is 12.4. The van der Waals surface area contributed by atoms with Gasteiger partial charge in [-0.15, -0.1) is 11.3 Å². The monoisotopic (exact) mass is 364 g/mol. The van der Waals surface area contributed by atoms with E-state index in [0.29, 0.717) is 10.2 Å². The van der Waals surface area contributed by atoms with Gasteiger partial charge in [0.05, 0.1) is 5.39 Å². The summed E-state index contributed by atoms with van der Waals surface area (Å²) in [6.07, 6.45) is -0.980. The highest BCUT2D eigenvalue weighted by Crippen LogP contribution is 2.27. The van der Waals surface area contributed by atoms with Gasteiger partial charge >= 0.3 is 5.97 Å². The Morgan fingerprint density at radius 2 is 1.92 bits per heavy atom. The predicted molar refractivity (Wildman–Crippen MR) is 89.9 cm³/mol. The Morgan fingerprint density at radius 1 is 1.28 bits per heavy atom. The summed E-state index contributed by atoms with van der Waals surface area (Å²) in [4.78, 5) is 32.7. The first kappa shape index (κ1) is 17.2. The van der Waals surface area contributed by atoms with Crippen LogP contribution in [0.3, 0.4) is 0 Å². The summed E-state index contributed by atoms with van der Waals surface area (Å²) in [5.41, 5.74) is -0.277. The lowest BCUT2D eigenvalue weighted by molar-refractivity contribution is 0.0309. The van der Waals surface area contributed by atoms with Gasteiger partial charge in [-0.25, -0.2) is 18.6 Å². The number of hydrogen-bond donors (Lipinski definition) is 1. The third-order valence-electron chi connectivity index (χ3n) is 3.89. The molecule has 0 unspecified atom stereocenters. The van der Waals surface area contributed by atoms with Crippen molar-refractivity contribution in [2.75, 3.05) is 0 Å². The van der Waals surface area contributed by atoms with Gasteiger partial charge in [0.15, 0.2) is 11.9 Å². The molecule has 0 amide bonds. The maximum absolute atomic E-state index is 13.7. The largest absolute Gasteiger partial charge is 0.451 e. The van der Waals surface area contributed by atoms with Gasteiger partial charge in [0, 0.05) is 4.88 Å². The van der Waals surface area contributed by atoms with Gasteiger partial charge in [-0.2, -0.15) is 0 Å². The lowest BCUT2D eigenvalue weighted by Crippen LogP contribution is -2.18. The van der Waals surface area contributed by atoms with Crippen LogP contribution in [-0.2, 0) is 4.74 Å². The van der Waals surface area contributed by atoms with Crippen LogP contribution in [-0.4, -0.2) is 15.9 Å². The first-order chi connectivity index (χ1) is 11.8. The van der Waals surface area contributed by atoms with Crippen LogP contribution < -0.4 is 5.56 Å². The summed E-state index contributed by atoms with van der Waals surface area (Å²) in [7, 11) is 0. The summed E-state index contributed by atoms with van der Waals surface area (Å²) in [6, 6.07) is 3.08. The van der Waals surface area contributed by atoms with Crippen LogP contribution >= 0.6 is 11.3 Å². The molecule has 130 valence electrons. The number of ether oxygens (including phenoxy) is 1. The Morgan fingerprint density at radius 3 is 2.56 bits per heavy atom. The molecule has 0 fully saturated rings. The molecule has 1 aromatic carbocycles. The highest BCUT2D eigenvalue weighted by molar-refractivity contribution is 7.18. The van der Waals surface area contributed by atoms with E-state index in [1.807, 2.05) is 13.8 Å². The maximum Gasteiger partial charge on any atom is 0.344 e. The van der Waals surface area contributed by atoms with E-state index in [4.69, 9.17) is 4.74 Å². The number of benzene rings is 1. The standard InChI is InChI=1S/C17H14F2N2O3S/c1-7-9(3)25-16-12(7)15(22)20-14(21-16)8(2)24-17(23)13-10(18)5-4-6-11(13)19/h4-6,8H,1-3H3,(H,20,21,22)/t8-/m0/s1. The molecule has 3 aromatic rings. The number of nitrogens with one attached hydrogen (secondary N) is 1. The van der Waals surface area contributed by atoms with Crippen molar-refractivity contribution in [3.05, 3.63) is 62.0 Å². The van der Waals surface area contributed by atoms with E-state index < -0.39 is 29.3 Å². The highest BCUT2D eigenvalue weighted by atomic mass is 32.1. The van der Waals surface area contributed by atoms with Gasteiger partial charge in [0.2, 0.25) is 0 Å². The molecule has 25 heavy (non-hydrogen) atoms. The molecular formula is C17H14F2N2O3S. The van der Waals surface area contributed by atoms with Crippen molar-refractivity contribution in [1.29, 1.82) is 0 Å². The van der Waals surface area contributed by atoms with Crippen molar-refractivity contribution in [2.24, 2.45) is 0 Å². The first-order valence-corrected chi connectivity index (χ1v) is 8.26. The fourth-order valence-electron chi connectivity index (χ4n) is 2.43. The predicted octanol–water partition coefficient (Wildman–Crippen LogP) is 3.80. The van der Waals surface area contributed by atoms with Crippen LogP contribution in [0.5, 0.6) is 0 Å². The number of halogens is 2. The molecular weight excluding hydrogens is 350 g/mol. The number of fused-ring (bicyclic) bond motifs is 1. The third-order valence-corrected chi connectivity index (χ3v) is 4.99. The molecule has 0 aliphatic heterocycles. The van der Waals surface area contributed by atoms with Crippen LogP contribution in [0.2, 0.25) is 0 Å². The van der Waals surface area contributed by atoms with Gasteiger partial charge in [0.25, 0.3) is 5.56 Å². The smallest absolute Gasteiger partial charge is 0.344 e. The average Bonchev–Trinajstić information content (AvgIpc) is 2.82. The molecule has 2 aromatic heterocycles. The van der Waals surface area contributed by atoms with E-state index in [9.17, 15) is 18.4 Å². The van der Waals surface area contributed by atoms with Crippen LogP contribution in [0.4, 0.5) is 8.78 Å². The van der Waals surface area contributed by atoms with Crippen LogP contribution in [0.15, 0.2) is 23.0 Å². The second-order valence-corrected chi connectivity index (χ2v) is 6.76. The minimum Gasteiger partial charge on any atom is -0.451 e. The average molecular weight is 364 g/mol. The number of aryl methyl sites for hydroxylation is 2. The van der Waals surface area contributed by atoms with E-state index in [0.717, 1.165) is 28.6 Å². The van der Waals surface area contributed by atoms with Gasteiger partial charge in [0.1, 0.15) is 22.0 Å². The Labute approximate surface area is 145 Å². The fourth-order valence-corrected chi connectivity index (χ4v) is 3.47. The van der Waals surface area contributed by atoms with E-state index in [1.165, 1.54) is 18.3 Å². The molecule has 1 N–H and O–H groups in total. The SMILES string of the molecule is Cc1sc2nc([C@H](C)OC(=O)c3c(F)cccc3F)[nH]c(=O)c2c1C. The lowest BCUT2D eigenvalue weighted by atomic mass is 10.2. The van der Waals surface area contributed by atoms with Gasteiger partial charge in [-0.05, 0) is 38.5 Å². The number of carbonyl (C=O) groups is 1. The van der Waals surface area contributed by atoms with Gasteiger partial charge in [-0.3, -0.25) is 4.79 Å². The van der Waals surface area contributed by atoms with Crippen molar-refractivity contribution in [3.8, 4) is 0 Å². The Balaban J connectivity index is 1.94. The van der Waals surface area contributed by atoms with E-state index in [-0.39, 0.29) is 11.4 Å². The second kappa shape index (κ2) is 6.36. The summed E-state index contributed by atoms with van der Waals surface area (Å²) >= 11 is 1.35. The Bertz CT molecular complexity index is 1020. The van der Waals surface area contributed by atoms with Gasteiger partial charge < -0.3 is 9.72 Å². The lowest BCUT2D eigenvalue weighted by Gasteiger charge is -2.13. The molecule has 0 saturated carbocycles. The third kappa shape index (κ3) is 3.05. The van der Waals surface area contributed by atoms with E-state index >= 15 is 0 Å². The van der Waals surface area contributed by atoms with Crippen LogP contribution in [0.25, 0.3) is 10.2 Å². The number of aromatic nitrogens is 2. The van der Waals surface area contributed by atoms with Crippen LogP contribution in [0.1, 0.15) is 39.7 Å². The van der Waals surface area contributed by atoms with Gasteiger partial charge in [-0.1, -0.05) is 6.07 Å². The second-order valence-electron chi connectivity index (χ2n) is 5.56. The van der Waals surface area contributed by atoms with Crippen molar-refractivity contribution in [2.45, 2.75) is 26.9 Å². The molecule has 3 rings (SSSR count). The zero-order valence-electron chi connectivity index (χ0n) is 13.6. The quantitative estimate of drug-likeness (QED) is 0.718. The molecule has 1 atom stereocenters. The first-order valence-electron chi connectivity index (χ1n) is 7.44. The summed E-state index contributed by atoms with van der Waals surface area (Å²) in [5, 5.41) is 0.491. The number of nitrogens with zero attached hydrogens (tertiary/aromatic N) is 1. The maximum atomic E-state index is 13.7. The number of aromatic amines is 1. The fraction of sp³-hybridized carbons (Fsp3) is 0.235. The molecule has 0 saturated heterocycles. The van der Waals surface area contributed by atoms with Crippen molar-refractivity contribution >= 4 is 27.5 Å².